The molecule has 0 bridgehead atoms. The van der Waals surface area contributed by atoms with Gasteiger partial charge in [-0.2, -0.15) is 0 Å². The van der Waals surface area contributed by atoms with Crippen LogP contribution in [0.1, 0.15) is 49.4 Å². The Balaban J connectivity index is 1.91. The molecule has 0 aromatic carbocycles. The molecule has 1 aromatic heterocycles. The van der Waals surface area contributed by atoms with Crippen molar-refractivity contribution in [3.8, 4) is 0 Å². The predicted molar refractivity (Wildman–Crippen MR) is 66.6 cm³/mol. The van der Waals surface area contributed by atoms with E-state index in [1.54, 1.807) is 11.3 Å². The maximum absolute atomic E-state index is 6.01. The zero-order valence-electron chi connectivity index (χ0n) is 9.82. The van der Waals surface area contributed by atoms with Crippen LogP contribution >= 0.6 is 11.3 Å². The van der Waals surface area contributed by atoms with Gasteiger partial charge in [0.15, 0.2) is 0 Å². The van der Waals surface area contributed by atoms with Crippen LogP contribution in [-0.2, 0) is 11.2 Å². The summed E-state index contributed by atoms with van der Waals surface area (Å²) >= 11 is 1.72. The molecule has 0 amide bonds. The van der Waals surface area contributed by atoms with Gasteiger partial charge >= 0.3 is 0 Å². The maximum atomic E-state index is 6.01. The second-order valence-electron chi connectivity index (χ2n) is 4.43. The van der Waals surface area contributed by atoms with E-state index in [4.69, 9.17) is 10.5 Å². The lowest BCUT2D eigenvalue weighted by atomic mass is 10.1. The quantitative estimate of drug-likeness (QED) is 0.860. The first-order valence-corrected chi connectivity index (χ1v) is 6.99. The van der Waals surface area contributed by atoms with E-state index < -0.39 is 0 Å². The molecule has 1 saturated heterocycles. The first kappa shape index (κ1) is 12.0. The lowest BCUT2D eigenvalue weighted by molar-refractivity contribution is 0.111. The summed E-state index contributed by atoms with van der Waals surface area (Å²) < 4.78 is 5.62. The van der Waals surface area contributed by atoms with E-state index in [2.05, 4.69) is 17.3 Å². The van der Waals surface area contributed by atoms with Gasteiger partial charge in [-0.15, -0.1) is 11.3 Å². The van der Waals surface area contributed by atoms with Crippen molar-refractivity contribution < 1.29 is 4.74 Å². The molecule has 3 nitrogen and oxygen atoms in total. The number of ether oxygens (including phenoxy) is 1. The van der Waals surface area contributed by atoms with E-state index in [1.165, 1.54) is 0 Å². The Morgan fingerprint density at radius 3 is 3.25 bits per heavy atom. The lowest BCUT2D eigenvalue weighted by Crippen LogP contribution is -2.22. The van der Waals surface area contributed by atoms with Crippen molar-refractivity contribution in [2.75, 3.05) is 6.61 Å². The fraction of sp³-hybridized carbons (Fsp3) is 0.750. The van der Waals surface area contributed by atoms with Crippen molar-refractivity contribution in [3.05, 3.63) is 16.1 Å². The maximum Gasteiger partial charge on any atom is 0.122 e. The number of nitrogens with zero attached hydrogens (tertiary/aromatic N) is 1. The van der Waals surface area contributed by atoms with Crippen LogP contribution in [0.5, 0.6) is 0 Å². The molecule has 2 N–H and O–H groups in total. The van der Waals surface area contributed by atoms with Crippen molar-refractivity contribution >= 4 is 11.3 Å². The summed E-state index contributed by atoms with van der Waals surface area (Å²) in [5, 5.41) is 3.27. The van der Waals surface area contributed by atoms with Gasteiger partial charge in [-0.05, 0) is 19.3 Å². The van der Waals surface area contributed by atoms with Gasteiger partial charge in [0.2, 0.25) is 0 Å². The van der Waals surface area contributed by atoms with Crippen LogP contribution in [-0.4, -0.2) is 17.6 Å². The van der Waals surface area contributed by atoms with Gasteiger partial charge in [0.25, 0.3) is 0 Å². The smallest absolute Gasteiger partial charge is 0.122 e. The van der Waals surface area contributed by atoms with Crippen molar-refractivity contribution in [2.24, 2.45) is 5.73 Å². The van der Waals surface area contributed by atoms with E-state index in [0.717, 1.165) is 49.4 Å². The van der Waals surface area contributed by atoms with Gasteiger partial charge < -0.3 is 10.5 Å². The van der Waals surface area contributed by atoms with Crippen LogP contribution in [0.2, 0.25) is 0 Å². The van der Waals surface area contributed by atoms with Crippen molar-refractivity contribution in [3.63, 3.8) is 0 Å². The summed E-state index contributed by atoms with van der Waals surface area (Å²) in [4.78, 5) is 4.63. The molecule has 90 valence electrons. The third kappa shape index (κ3) is 3.03. The molecule has 2 rings (SSSR count). The molecule has 0 spiro atoms. The van der Waals surface area contributed by atoms with Crippen LogP contribution in [0.15, 0.2) is 5.38 Å². The Bertz CT molecular complexity index is 321. The van der Waals surface area contributed by atoms with Crippen LogP contribution in [0.3, 0.4) is 0 Å². The fourth-order valence-electron chi connectivity index (χ4n) is 2.08. The molecule has 0 aliphatic carbocycles. The minimum absolute atomic E-state index is 0.251. The Labute approximate surface area is 101 Å². The van der Waals surface area contributed by atoms with Gasteiger partial charge in [-0.1, -0.05) is 13.3 Å². The minimum Gasteiger partial charge on any atom is -0.371 e. The normalized spacial score (nSPS) is 22.5. The summed E-state index contributed by atoms with van der Waals surface area (Å²) in [6.07, 6.45) is 5.65. The average molecular weight is 240 g/mol. The summed E-state index contributed by atoms with van der Waals surface area (Å²) in [5.41, 5.74) is 7.15. The highest BCUT2D eigenvalue weighted by atomic mass is 32.1. The third-order valence-corrected chi connectivity index (χ3v) is 3.89. The number of hydrogen-bond acceptors (Lipinski definition) is 4. The van der Waals surface area contributed by atoms with Gasteiger partial charge in [0.1, 0.15) is 11.1 Å². The van der Waals surface area contributed by atoms with Crippen LogP contribution < -0.4 is 5.73 Å². The second-order valence-corrected chi connectivity index (χ2v) is 5.32. The molecule has 2 heterocycles. The number of thiazole rings is 1. The molecule has 4 heteroatoms. The van der Waals surface area contributed by atoms with Crippen LogP contribution in [0.25, 0.3) is 0 Å². The van der Waals surface area contributed by atoms with E-state index in [1.807, 2.05) is 0 Å². The van der Waals surface area contributed by atoms with Crippen LogP contribution in [0.4, 0.5) is 0 Å². The Morgan fingerprint density at radius 1 is 1.69 bits per heavy atom. The topological polar surface area (TPSA) is 48.1 Å². The summed E-state index contributed by atoms with van der Waals surface area (Å²) in [6.45, 7) is 3.05. The molecular formula is C12H20N2OS. The zero-order valence-corrected chi connectivity index (χ0v) is 10.6. The van der Waals surface area contributed by atoms with E-state index in [9.17, 15) is 0 Å². The third-order valence-electron chi connectivity index (χ3n) is 2.91. The molecule has 1 aliphatic rings. The molecule has 16 heavy (non-hydrogen) atoms. The molecule has 1 aromatic rings. The Morgan fingerprint density at radius 2 is 2.56 bits per heavy atom. The molecule has 1 aliphatic heterocycles. The first-order valence-electron chi connectivity index (χ1n) is 6.11. The molecular weight excluding hydrogens is 220 g/mol. The number of aromatic nitrogens is 1. The summed E-state index contributed by atoms with van der Waals surface area (Å²) in [6, 6.07) is 0.254. The number of nitrogens with two attached hydrogens (primary N) is 1. The van der Waals surface area contributed by atoms with Gasteiger partial charge in [-0.3, -0.25) is 0 Å². The average Bonchev–Trinajstić information content (AvgIpc) is 2.86. The van der Waals surface area contributed by atoms with Gasteiger partial charge in [0.05, 0.1) is 5.69 Å². The molecule has 1 fully saturated rings. The van der Waals surface area contributed by atoms with Gasteiger partial charge in [0, 0.05) is 24.4 Å². The molecule has 2 unspecified atom stereocenters. The fourth-order valence-corrected chi connectivity index (χ4v) is 2.99. The summed E-state index contributed by atoms with van der Waals surface area (Å²) in [7, 11) is 0. The highest BCUT2D eigenvalue weighted by Crippen LogP contribution is 2.30. The van der Waals surface area contributed by atoms with Crippen molar-refractivity contribution in [2.45, 2.75) is 51.2 Å². The SMILES string of the molecule is CCCC(N)Cc1csc(C2CCCO2)n1. The summed E-state index contributed by atoms with van der Waals surface area (Å²) in [5.74, 6) is 0. The first-order chi connectivity index (χ1) is 7.79. The number of hydrogen-bond donors (Lipinski definition) is 1. The highest BCUT2D eigenvalue weighted by molar-refractivity contribution is 7.09. The van der Waals surface area contributed by atoms with Gasteiger partial charge in [-0.25, -0.2) is 4.98 Å². The van der Waals surface area contributed by atoms with E-state index in [-0.39, 0.29) is 12.1 Å². The zero-order chi connectivity index (χ0) is 11.4. The highest BCUT2D eigenvalue weighted by Gasteiger charge is 2.21. The monoisotopic (exact) mass is 240 g/mol. The second kappa shape index (κ2) is 5.75. The molecule has 0 saturated carbocycles. The Kier molecular flexibility index (Phi) is 4.32. The Hall–Kier alpha value is -0.450. The number of rotatable bonds is 5. The minimum atomic E-state index is 0.251. The van der Waals surface area contributed by atoms with E-state index >= 15 is 0 Å². The van der Waals surface area contributed by atoms with Crippen molar-refractivity contribution in [1.82, 2.24) is 4.98 Å². The van der Waals surface area contributed by atoms with E-state index in [0.29, 0.717) is 0 Å². The van der Waals surface area contributed by atoms with Crippen LogP contribution in [0, 0.1) is 0 Å². The lowest BCUT2D eigenvalue weighted by Gasteiger charge is -2.07. The molecule has 2 atom stereocenters. The molecule has 0 radical (unpaired) electrons. The standard InChI is InChI=1S/C12H20N2OS/c1-2-4-9(13)7-10-8-16-12(14-10)11-5-3-6-15-11/h8-9,11H,2-7,13H2,1H3. The largest absolute Gasteiger partial charge is 0.371 e. The predicted octanol–water partition coefficient (Wildman–Crippen LogP) is 2.66. The van der Waals surface area contributed by atoms with Crippen molar-refractivity contribution in [1.29, 1.82) is 0 Å².